The van der Waals surface area contributed by atoms with E-state index in [0.29, 0.717) is 22.3 Å². The standard InChI is InChI=1S/C23H25N5O3S/c1-24-15-17-4-9-21-20(14-17)23(26-28-12-10-27(2)11-13-28)22(16-25-21)32(29,30)19-7-5-18(31-3)6-8-19/h4-9,14,16H,10-13,15H2,2-3H3,(H,25,26). The zero-order chi connectivity index (χ0) is 22.7. The van der Waals surface area contributed by atoms with E-state index >= 15 is 0 Å². The van der Waals surface area contributed by atoms with E-state index in [4.69, 9.17) is 11.3 Å². The number of benzene rings is 2. The molecule has 1 aliphatic heterocycles. The maximum Gasteiger partial charge on any atom is 0.239 e. The molecule has 1 aromatic heterocycles. The van der Waals surface area contributed by atoms with Crippen molar-refractivity contribution in [3.05, 3.63) is 65.6 Å². The minimum Gasteiger partial charge on any atom is -0.497 e. The van der Waals surface area contributed by atoms with Crippen LogP contribution in [-0.2, 0) is 16.4 Å². The van der Waals surface area contributed by atoms with Crippen LogP contribution in [0.2, 0.25) is 0 Å². The highest BCUT2D eigenvalue weighted by Crippen LogP contribution is 2.34. The molecule has 8 nitrogen and oxygen atoms in total. The summed E-state index contributed by atoms with van der Waals surface area (Å²) in [5, 5.41) is 2.71. The van der Waals surface area contributed by atoms with E-state index in [1.165, 1.54) is 25.4 Å². The molecule has 0 atom stereocenters. The molecule has 0 bridgehead atoms. The number of hydrogen-bond acceptors (Lipinski definition) is 7. The van der Waals surface area contributed by atoms with Crippen LogP contribution in [0.5, 0.6) is 5.75 Å². The van der Waals surface area contributed by atoms with Crippen LogP contribution < -0.4 is 10.2 Å². The van der Waals surface area contributed by atoms with Crippen molar-refractivity contribution in [1.29, 1.82) is 0 Å². The van der Waals surface area contributed by atoms with E-state index in [-0.39, 0.29) is 16.3 Å². The number of anilines is 1. The number of aromatic nitrogens is 1. The third-order valence-electron chi connectivity index (χ3n) is 5.59. The van der Waals surface area contributed by atoms with Crippen molar-refractivity contribution >= 4 is 26.4 Å². The predicted molar refractivity (Wildman–Crippen MR) is 123 cm³/mol. The van der Waals surface area contributed by atoms with Crippen molar-refractivity contribution in [3.8, 4) is 5.75 Å². The zero-order valence-corrected chi connectivity index (χ0v) is 18.9. The molecule has 166 valence electrons. The van der Waals surface area contributed by atoms with Crippen molar-refractivity contribution in [2.45, 2.75) is 16.3 Å². The highest BCUT2D eigenvalue weighted by atomic mass is 32.2. The van der Waals surface area contributed by atoms with Crippen molar-refractivity contribution in [3.63, 3.8) is 0 Å². The van der Waals surface area contributed by atoms with E-state index in [9.17, 15) is 8.42 Å². The number of sulfone groups is 1. The average molecular weight is 452 g/mol. The molecule has 0 amide bonds. The molecule has 0 aliphatic carbocycles. The lowest BCUT2D eigenvalue weighted by Crippen LogP contribution is -2.47. The monoisotopic (exact) mass is 451 g/mol. The molecule has 0 spiro atoms. The van der Waals surface area contributed by atoms with Gasteiger partial charge in [0.2, 0.25) is 16.4 Å². The zero-order valence-electron chi connectivity index (χ0n) is 18.1. The number of pyridine rings is 1. The number of likely N-dealkylation sites (N-methyl/N-ethyl adjacent to an activating group) is 1. The van der Waals surface area contributed by atoms with Gasteiger partial charge in [-0.05, 0) is 49.5 Å². The van der Waals surface area contributed by atoms with Gasteiger partial charge in [-0.3, -0.25) is 4.98 Å². The normalized spacial score (nSPS) is 15.4. The Bertz CT molecular complexity index is 1260. The molecule has 3 aromatic rings. The summed E-state index contributed by atoms with van der Waals surface area (Å²) in [7, 11) is -0.249. The fourth-order valence-corrected chi connectivity index (χ4v) is 5.05. The Morgan fingerprint density at radius 3 is 2.50 bits per heavy atom. The van der Waals surface area contributed by atoms with Crippen LogP contribution in [0.4, 0.5) is 5.69 Å². The molecule has 2 aromatic carbocycles. The van der Waals surface area contributed by atoms with Gasteiger partial charge < -0.3 is 19.9 Å². The summed E-state index contributed by atoms with van der Waals surface area (Å²) >= 11 is 0. The highest BCUT2D eigenvalue weighted by molar-refractivity contribution is 7.91. The largest absolute Gasteiger partial charge is 0.497 e. The number of piperazine rings is 1. The van der Waals surface area contributed by atoms with E-state index in [2.05, 4.69) is 27.2 Å². The first-order valence-corrected chi connectivity index (χ1v) is 11.7. The van der Waals surface area contributed by atoms with Gasteiger partial charge in [-0.1, -0.05) is 0 Å². The number of rotatable bonds is 6. The molecule has 1 N–H and O–H groups in total. The summed E-state index contributed by atoms with van der Waals surface area (Å²) in [4.78, 5) is 10.4. The van der Waals surface area contributed by atoms with E-state index < -0.39 is 9.84 Å². The van der Waals surface area contributed by atoms with Crippen molar-refractivity contribution in [2.75, 3.05) is 45.8 Å². The second-order valence-electron chi connectivity index (χ2n) is 7.75. The molecule has 2 heterocycles. The lowest BCUT2D eigenvalue weighted by atomic mass is 10.1. The molecule has 0 radical (unpaired) electrons. The second-order valence-corrected chi connectivity index (χ2v) is 9.66. The van der Waals surface area contributed by atoms with Crippen LogP contribution in [0.25, 0.3) is 15.7 Å². The van der Waals surface area contributed by atoms with Gasteiger partial charge in [0, 0.05) is 43.3 Å². The summed E-state index contributed by atoms with van der Waals surface area (Å²) in [6.45, 7) is 10.7. The average Bonchev–Trinajstić information content (AvgIpc) is 2.81. The number of hydrazine groups is 1. The van der Waals surface area contributed by atoms with Crippen LogP contribution in [0.15, 0.2) is 58.5 Å². The summed E-state index contributed by atoms with van der Waals surface area (Å²) in [6.07, 6.45) is 1.41. The van der Waals surface area contributed by atoms with E-state index in [1.54, 1.807) is 12.1 Å². The lowest BCUT2D eigenvalue weighted by molar-refractivity contribution is 0.179. The Balaban J connectivity index is 1.85. The van der Waals surface area contributed by atoms with Gasteiger partial charge in [0.25, 0.3) is 0 Å². The van der Waals surface area contributed by atoms with Crippen LogP contribution in [0, 0.1) is 6.57 Å². The third-order valence-corrected chi connectivity index (χ3v) is 7.37. The van der Waals surface area contributed by atoms with Gasteiger partial charge >= 0.3 is 0 Å². The molecule has 0 saturated carbocycles. The van der Waals surface area contributed by atoms with Crippen molar-refractivity contribution < 1.29 is 13.2 Å². The second kappa shape index (κ2) is 9.12. The van der Waals surface area contributed by atoms with Gasteiger partial charge in [0.1, 0.15) is 10.6 Å². The van der Waals surface area contributed by atoms with Crippen molar-refractivity contribution in [1.82, 2.24) is 14.9 Å². The molecule has 4 rings (SSSR count). The van der Waals surface area contributed by atoms with Gasteiger partial charge in [-0.15, -0.1) is 0 Å². The summed E-state index contributed by atoms with van der Waals surface area (Å²) in [6, 6.07) is 11.9. The number of hydrogen-bond donors (Lipinski definition) is 1. The van der Waals surface area contributed by atoms with E-state index in [1.807, 2.05) is 23.2 Å². The first-order valence-electron chi connectivity index (χ1n) is 10.3. The van der Waals surface area contributed by atoms with Crippen molar-refractivity contribution in [2.24, 2.45) is 0 Å². The SMILES string of the molecule is [C-]#[N+]Cc1ccc2ncc(S(=O)(=O)c3ccc(OC)cc3)c(NN3CCN(C)CC3)c2c1. The van der Waals surface area contributed by atoms with Gasteiger partial charge in [0.05, 0.1) is 23.2 Å². The minimum absolute atomic E-state index is 0.106. The molecular weight excluding hydrogens is 426 g/mol. The predicted octanol–water partition coefficient (Wildman–Crippen LogP) is 3.07. The first-order chi connectivity index (χ1) is 15.4. The fraction of sp³-hybridized carbons (Fsp3) is 0.304. The van der Waals surface area contributed by atoms with Crippen LogP contribution in [0.1, 0.15) is 5.56 Å². The Morgan fingerprint density at radius 1 is 1.12 bits per heavy atom. The smallest absolute Gasteiger partial charge is 0.239 e. The molecule has 1 aliphatic rings. The van der Waals surface area contributed by atoms with Gasteiger partial charge in [-0.25, -0.2) is 20.0 Å². The van der Waals surface area contributed by atoms with E-state index in [0.717, 1.165) is 31.7 Å². The number of nitrogens with zero attached hydrogens (tertiary/aromatic N) is 4. The molecule has 1 fully saturated rings. The maximum atomic E-state index is 13.6. The summed E-state index contributed by atoms with van der Waals surface area (Å²) in [5.74, 6) is 0.583. The molecular formula is C23H25N5O3S. The van der Waals surface area contributed by atoms with Crippen LogP contribution in [-0.4, -0.2) is 63.6 Å². The highest BCUT2D eigenvalue weighted by Gasteiger charge is 2.26. The van der Waals surface area contributed by atoms with Crippen LogP contribution >= 0.6 is 0 Å². The topological polar surface area (TPSA) is 79.1 Å². The van der Waals surface area contributed by atoms with Gasteiger partial charge in [-0.2, -0.15) is 0 Å². The summed E-state index contributed by atoms with van der Waals surface area (Å²) in [5.41, 5.74) is 5.34. The molecule has 0 unspecified atom stereocenters. The first kappa shape index (κ1) is 22.0. The number of fused-ring (bicyclic) bond motifs is 1. The molecule has 9 heteroatoms. The summed E-state index contributed by atoms with van der Waals surface area (Å²) < 4.78 is 32.4. The Kier molecular flexibility index (Phi) is 6.28. The Morgan fingerprint density at radius 2 is 1.84 bits per heavy atom. The quantitative estimate of drug-likeness (QED) is 0.577. The Labute approximate surface area is 188 Å². The molecule has 1 saturated heterocycles. The fourth-order valence-electron chi connectivity index (χ4n) is 3.69. The van der Waals surface area contributed by atoms with Gasteiger partial charge in [0.15, 0.2) is 0 Å². The Hall–Kier alpha value is -3.19. The lowest BCUT2D eigenvalue weighted by Gasteiger charge is -2.33. The number of methoxy groups -OCH3 is 1. The number of nitrogens with one attached hydrogen (secondary N) is 1. The van der Waals surface area contributed by atoms with Crippen LogP contribution in [0.3, 0.4) is 0 Å². The number of ether oxygens (including phenoxy) is 1. The minimum atomic E-state index is -3.85. The third kappa shape index (κ3) is 4.39. The molecule has 32 heavy (non-hydrogen) atoms. The maximum absolute atomic E-state index is 13.6.